The second-order valence-electron chi connectivity index (χ2n) is 5.48. The molecule has 0 unspecified atom stereocenters. The van der Waals surface area contributed by atoms with Gasteiger partial charge in [-0.15, -0.1) is 0 Å². The predicted octanol–water partition coefficient (Wildman–Crippen LogP) is 0.743. The van der Waals surface area contributed by atoms with Gasteiger partial charge in [-0.05, 0) is 25.7 Å². The Labute approximate surface area is 83.9 Å². The zero-order chi connectivity index (χ0) is 9.97. The molecule has 4 aliphatic carbocycles. The molecule has 0 heterocycles. The smallest absolute Gasteiger partial charge is 0.0687 e. The molecule has 3 nitrogen and oxygen atoms in total. The fourth-order valence-corrected chi connectivity index (χ4v) is 4.16. The van der Waals surface area contributed by atoms with Crippen molar-refractivity contribution in [3.63, 3.8) is 0 Å². The molecule has 2 N–H and O–H groups in total. The van der Waals surface area contributed by atoms with E-state index in [9.17, 15) is 10.2 Å². The Kier molecular flexibility index (Phi) is 1.51. The van der Waals surface area contributed by atoms with E-state index in [1.54, 1.807) is 0 Å². The first-order chi connectivity index (χ1) is 6.54. The maximum absolute atomic E-state index is 10.3. The Morgan fingerprint density at radius 3 is 1.86 bits per heavy atom. The topological polar surface area (TPSA) is 52.8 Å². The van der Waals surface area contributed by atoms with E-state index in [4.69, 9.17) is 0 Å². The SMILES string of the molecule is CN=C1C2CC3(O)CC1CC(O)(C2)C3. The molecule has 14 heavy (non-hydrogen) atoms. The average Bonchev–Trinajstić information content (AvgIpc) is 1.97. The summed E-state index contributed by atoms with van der Waals surface area (Å²) in [5.74, 6) is 0.687. The van der Waals surface area contributed by atoms with Crippen molar-refractivity contribution >= 4 is 5.71 Å². The van der Waals surface area contributed by atoms with Crippen molar-refractivity contribution in [2.45, 2.75) is 43.3 Å². The fourth-order valence-electron chi connectivity index (χ4n) is 4.16. The van der Waals surface area contributed by atoms with Crippen molar-refractivity contribution in [3.8, 4) is 0 Å². The molecule has 4 bridgehead atoms. The van der Waals surface area contributed by atoms with E-state index in [0.717, 1.165) is 25.7 Å². The summed E-state index contributed by atoms with van der Waals surface area (Å²) in [6, 6.07) is 0. The van der Waals surface area contributed by atoms with Crippen LogP contribution >= 0.6 is 0 Å². The molecule has 4 aliphatic rings. The molecule has 4 rings (SSSR count). The first-order valence-electron chi connectivity index (χ1n) is 5.45. The second kappa shape index (κ2) is 2.39. The van der Waals surface area contributed by atoms with Gasteiger partial charge >= 0.3 is 0 Å². The number of nitrogens with zero attached hydrogens (tertiary/aromatic N) is 1. The minimum Gasteiger partial charge on any atom is -0.390 e. The maximum atomic E-state index is 10.3. The number of rotatable bonds is 0. The molecular formula is C11H17NO2. The molecule has 0 aromatic rings. The monoisotopic (exact) mass is 195 g/mol. The third-order valence-corrected chi connectivity index (χ3v) is 4.26. The highest BCUT2D eigenvalue weighted by Gasteiger charge is 2.59. The van der Waals surface area contributed by atoms with Gasteiger partial charge in [0.1, 0.15) is 0 Å². The number of hydrogen-bond acceptors (Lipinski definition) is 3. The summed E-state index contributed by atoms with van der Waals surface area (Å²) in [4.78, 5) is 4.34. The molecule has 4 fully saturated rings. The molecule has 0 spiro atoms. The van der Waals surface area contributed by atoms with Crippen molar-refractivity contribution in [3.05, 3.63) is 0 Å². The minimum atomic E-state index is -0.589. The highest BCUT2D eigenvalue weighted by Crippen LogP contribution is 2.56. The predicted molar refractivity (Wildman–Crippen MR) is 53.3 cm³/mol. The van der Waals surface area contributed by atoms with Gasteiger partial charge in [0.25, 0.3) is 0 Å². The van der Waals surface area contributed by atoms with Crippen LogP contribution in [0.4, 0.5) is 0 Å². The van der Waals surface area contributed by atoms with Crippen LogP contribution in [0.25, 0.3) is 0 Å². The summed E-state index contributed by atoms with van der Waals surface area (Å²) in [6.45, 7) is 0. The zero-order valence-electron chi connectivity index (χ0n) is 8.53. The van der Waals surface area contributed by atoms with Gasteiger partial charge in [0.2, 0.25) is 0 Å². The quantitative estimate of drug-likeness (QED) is 0.599. The van der Waals surface area contributed by atoms with Crippen LogP contribution in [0.2, 0.25) is 0 Å². The van der Waals surface area contributed by atoms with Gasteiger partial charge in [-0.3, -0.25) is 4.99 Å². The van der Waals surface area contributed by atoms with Crippen LogP contribution in [0.15, 0.2) is 4.99 Å². The largest absolute Gasteiger partial charge is 0.390 e. The van der Waals surface area contributed by atoms with Gasteiger partial charge in [-0.2, -0.15) is 0 Å². The highest BCUT2D eigenvalue weighted by molar-refractivity contribution is 5.91. The van der Waals surface area contributed by atoms with Crippen LogP contribution in [-0.4, -0.2) is 34.2 Å². The summed E-state index contributed by atoms with van der Waals surface area (Å²) < 4.78 is 0. The van der Waals surface area contributed by atoms with E-state index in [0.29, 0.717) is 18.3 Å². The normalized spacial score (nSPS) is 55.2. The summed E-state index contributed by atoms with van der Waals surface area (Å²) in [6.07, 6.45) is 3.86. The van der Waals surface area contributed by atoms with Crippen LogP contribution < -0.4 is 0 Å². The van der Waals surface area contributed by atoms with E-state index >= 15 is 0 Å². The van der Waals surface area contributed by atoms with Crippen molar-refractivity contribution in [1.82, 2.24) is 0 Å². The molecule has 0 aliphatic heterocycles. The third kappa shape index (κ3) is 1.03. The number of aliphatic imine (C=N–C) groups is 1. The average molecular weight is 195 g/mol. The van der Waals surface area contributed by atoms with E-state index in [-0.39, 0.29) is 0 Å². The highest BCUT2D eigenvalue weighted by atomic mass is 16.3. The Bertz CT molecular complexity index is 272. The van der Waals surface area contributed by atoms with E-state index in [1.165, 1.54) is 5.71 Å². The van der Waals surface area contributed by atoms with Crippen LogP contribution in [0, 0.1) is 11.8 Å². The van der Waals surface area contributed by atoms with Crippen LogP contribution in [0.3, 0.4) is 0 Å². The lowest BCUT2D eigenvalue weighted by Crippen LogP contribution is -2.62. The van der Waals surface area contributed by atoms with Crippen LogP contribution in [0.1, 0.15) is 32.1 Å². The fraction of sp³-hybridized carbons (Fsp3) is 0.909. The first-order valence-corrected chi connectivity index (χ1v) is 5.45. The second-order valence-corrected chi connectivity index (χ2v) is 5.48. The van der Waals surface area contributed by atoms with Crippen molar-refractivity contribution in [2.24, 2.45) is 16.8 Å². The van der Waals surface area contributed by atoms with Gasteiger partial charge in [0.15, 0.2) is 0 Å². The van der Waals surface area contributed by atoms with E-state index in [1.807, 2.05) is 7.05 Å². The van der Waals surface area contributed by atoms with Gasteiger partial charge in [0.05, 0.1) is 11.2 Å². The van der Waals surface area contributed by atoms with Gasteiger partial charge in [-0.1, -0.05) is 0 Å². The maximum Gasteiger partial charge on any atom is 0.0687 e. The van der Waals surface area contributed by atoms with Crippen LogP contribution in [0.5, 0.6) is 0 Å². The lowest BCUT2D eigenvalue weighted by Gasteiger charge is -2.58. The van der Waals surface area contributed by atoms with Gasteiger partial charge in [0, 0.05) is 31.0 Å². The standard InChI is InChI=1S/C11H17NO2/c1-12-9-7-2-10(13)4-8(9)5-11(14,3-7)6-10/h7-8,13-14H,2-6H2,1H3. The molecule has 0 saturated heterocycles. The Morgan fingerprint density at radius 1 is 1.07 bits per heavy atom. The summed E-state index contributed by atoms with van der Waals surface area (Å²) >= 11 is 0. The molecule has 0 radical (unpaired) electrons. The molecule has 0 atom stereocenters. The zero-order valence-corrected chi connectivity index (χ0v) is 8.53. The lowest BCUT2D eigenvalue weighted by atomic mass is 9.51. The lowest BCUT2D eigenvalue weighted by molar-refractivity contribution is -0.164. The van der Waals surface area contributed by atoms with E-state index in [2.05, 4.69) is 4.99 Å². The van der Waals surface area contributed by atoms with E-state index < -0.39 is 11.2 Å². The third-order valence-electron chi connectivity index (χ3n) is 4.26. The van der Waals surface area contributed by atoms with Crippen LogP contribution in [-0.2, 0) is 0 Å². The Hall–Kier alpha value is -0.410. The van der Waals surface area contributed by atoms with Crippen molar-refractivity contribution in [1.29, 1.82) is 0 Å². The molecule has 78 valence electrons. The summed E-state index contributed by atoms with van der Waals surface area (Å²) in [5, 5.41) is 20.5. The number of aliphatic hydroxyl groups is 2. The van der Waals surface area contributed by atoms with Crippen molar-refractivity contribution in [2.75, 3.05) is 7.05 Å². The Balaban J connectivity index is 2.02. The van der Waals surface area contributed by atoms with Crippen molar-refractivity contribution < 1.29 is 10.2 Å². The molecule has 0 aromatic heterocycles. The Morgan fingerprint density at radius 2 is 1.50 bits per heavy atom. The minimum absolute atomic E-state index is 0.344. The molecule has 0 aromatic carbocycles. The summed E-state index contributed by atoms with van der Waals surface area (Å²) in [7, 11) is 1.84. The molecule has 0 amide bonds. The number of hydrogen-bond donors (Lipinski definition) is 2. The molecule has 3 heteroatoms. The molecule has 4 saturated carbocycles. The summed E-state index contributed by atoms with van der Waals surface area (Å²) in [5.41, 5.74) is 0.0721. The molecular weight excluding hydrogens is 178 g/mol. The van der Waals surface area contributed by atoms with Gasteiger partial charge in [-0.25, -0.2) is 0 Å². The first kappa shape index (κ1) is 8.86. The van der Waals surface area contributed by atoms with Gasteiger partial charge < -0.3 is 10.2 Å².